The first-order valence-corrected chi connectivity index (χ1v) is 4.90. The van der Waals surface area contributed by atoms with E-state index in [-0.39, 0.29) is 18.0 Å². The van der Waals surface area contributed by atoms with Gasteiger partial charge in [0.05, 0.1) is 19.1 Å². The Labute approximate surface area is 98.5 Å². The summed E-state index contributed by atoms with van der Waals surface area (Å²) >= 11 is 0. The summed E-state index contributed by atoms with van der Waals surface area (Å²) in [6.45, 7) is 0. The molecule has 0 aliphatic heterocycles. The van der Waals surface area contributed by atoms with Gasteiger partial charge in [-0.05, 0) is 17.7 Å². The lowest BCUT2D eigenvalue weighted by Crippen LogP contribution is -1.99. The summed E-state index contributed by atoms with van der Waals surface area (Å²) in [4.78, 5) is 21.5. The van der Waals surface area contributed by atoms with Crippen molar-refractivity contribution in [3.8, 4) is 0 Å². The molecule has 0 aliphatic carbocycles. The minimum absolute atomic E-state index is 0.132. The monoisotopic (exact) mass is 235 g/mol. The Morgan fingerprint density at radius 3 is 2.71 bits per heavy atom. The molecule has 1 rings (SSSR count). The number of anilines is 1. The SMILES string of the molecule is COC(=O)CC=Cc1ccc(C(=O)O)cc1N. The van der Waals surface area contributed by atoms with Crippen molar-refractivity contribution < 1.29 is 19.4 Å². The van der Waals surface area contributed by atoms with E-state index in [2.05, 4.69) is 4.74 Å². The smallest absolute Gasteiger partial charge is 0.335 e. The second-order valence-electron chi connectivity index (χ2n) is 3.33. The van der Waals surface area contributed by atoms with E-state index in [0.29, 0.717) is 11.3 Å². The van der Waals surface area contributed by atoms with Gasteiger partial charge in [-0.3, -0.25) is 4.79 Å². The quantitative estimate of drug-likeness (QED) is 0.610. The summed E-state index contributed by atoms with van der Waals surface area (Å²) in [5.41, 5.74) is 6.83. The molecule has 0 heterocycles. The third-order valence-electron chi connectivity index (χ3n) is 2.14. The molecule has 0 radical (unpaired) electrons. The Morgan fingerprint density at radius 2 is 2.18 bits per heavy atom. The fourth-order valence-electron chi connectivity index (χ4n) is 1.23. The predicted molar refractivity (Wildman–Crippen MR) is 63.5 cm³/mol. The number of carbonyl (C=O) groups is 2. The van der Waals surface area contributed by atoms with Gasteiger partial charge in [-0.1, -0.05) is 18.2 Å². The minimum atomic E-state index is -1.03. The average molecular weight is 235 g/mol. The van der Waals surface area contributed by atoms with Gasteiger partial charge in [-0.25, -0.2) is 4.79 Å². The molecule has 5 nitrogen and oxygen atoms in total. The number of hydrogen-bond acceptors (Lipinski definition) is 4. The summed E-state index contributed by atoms with van der Waals surface area (Å²) in [5, 5.41) is 8.75. The lowest BCUT2D eigenvalue weighted by molar-refractivity contribution is -0.139. The van der Waals surface area contributed by atoms with Crippen molar-refractivity contribution in [2.45, 2.75) is 6.42 Å². The molecule has 0 saturated heterocycles. The number of hydrogen-bond donors (Lipinski definition) is 2. The second-order valence-corrected chi connectivity index (χ2v) is 3.33. The number of methoxy groups -OCH3 is 1. The molecular formula is C12H13NO4. The molecule has 0 atom stereocenters. The summed E-state index contributed by atoms with van der Waals surface area (Å²) in [7, 11) is 1.31. The maximum atomic E-state index is 10.8. The first-order chi connectivity index (χ1) is 8.04. The van der Waals surface area contributed by atoms with Crippen molar-refractivity contribution in [1.82, 2.24) is 0 Å². The number of nitrogen functional groups attached to an aromatic ring is 1. The molecule has 1 aromatic rings. The molecule has 1 aromatic carbocycles. The molecule has 0 aromatic heterocycles. The highest BCUT2D eigenvalue weighted by atomic mass is 16.5. The highest BCUT2D eigenvalue weighted by molar-refractivity contribution is 5.89. The molecular weight excluding hydrogens is 222 g/mol. The lowest BCUT2D eigenvalue weighted by atomic mass is 10.1. The Balaban J connectivity index is 2.79. The van der Waals surface area contributed by atoms with E-state index in [1.54, 1.807) is 18.2 Å². The van der Waals surface area contributed by atoms with E-state index in [4.69, 9.17) is 10.8 Å². The molecule has 17 heavy (non-hydrogen) atoms. The number of esters is 1. The molecule has 0 spiro atoms. The van der Waals surface area contributed by atoms with Gasteiger partial charge in [0.1, 0.15) is 0 Å². The molecule has 3 N–H and O–H groups in total. The van der Waals surface area contributed by atoms with E-state index in [1.165, 1.54) is 19.2 Å². The van der Waals surface area contributed by atoms with Gasteiger partial charge in [0.25, 0.3) is 0 Å². The lowest BCUT2D eigenvalue weighted by Gasteiger charge is -2.01. The van der Waals surface area contributed by atoms with Crippen LogP contribution in [0, 0.1) is 0 Å². The van der Waals surface area contributed by atoms with Gasteiger partial charge in [0, 0.05) is 5.69 Å². The van der Waals surface area contributed by atoms with Crippen LogP contribution in [0.1, 0.15) is 22.3 Å². The average Bonchev–Trinajstić information content (AvgIpc) is 2.30. The zero-order chi connectivity index (χ0) is 12.8. The van der Waals surface area contributed by atoms with Crippen LogP contribution in [0.3, 0.4) is 0 Å². The van der Waals surface area contributed by atoms with E-state index in [0.717, 1.165) is 0 Å². The fourth-order valence-corrected chi connectivity index (χ4v) is 1.23. The standard InChI is InChI=1S/C12H13NO4/c1-17-11(14)4-2-3-8-5-6-9(12(15)16)7-10(8)13/h2-3,5-7H,4,13H2,1H3,(H,15,16). The Kier molecular flexibility index (Phi) is 4.28. The van der Waals surface area contributed by atoms with Crippen LogP contribution in [0.25, 0.3) is 6.08 Å². The van der Waals surface area contributed by atoms with Gasteiger partial charge in [0.15, 0.2) is 0 Å². The van der Waals surface area contributed by atoms with Gasteiger partial charge in [-0.15, -0.1) is 0 Å². The highest BCUT2D eigenvalue weighted by Crippen LogP contribution is 2.16. The van der Waals surface area contributed by atoms with Crippen LogP contribution < -0.4 is 5.73 Å². The van der Waals surface area contributed by atoms with Gasteiger partial charge in [0.2, 0.25) is 0 Å². The van der Waals surface area contributed by atoms with Gasteiger partial charge >= 0.3 is 11.9 Å². The van der Waals surface area contributed by atoms with Crippen molar-refractivity contribution >= 4 is 23.7 Å². The number of carboxylic acids is 1. The van der Waals surface area contributed by atoms with Crippen LogP contribution in [-0.2, 0) is 9.53 Å². The molecule has 0 saturated carbocycles. The first kappa shape index (κ1) is 12.8. The van der Waals surface area contributed by atoms with E-state index >= 15 is 0 Å². The molecule has 0 bridgehead atoms. The summed E-state index contributed by atoms with van der Waals surface area (Å²) in [6.07, 6.45) is 3.41. The molecule has 5 heteroatoms. The van der Waals surface area contributed by atoms with Crippen molar-refractivity contribution in [1.29, 1.82) is 0 Å². The number of rotatable bonds is 4. The van der Waals surface area contributed by atoms with E-state index in [1.807, 2.05) is 0 Å². The number of ether oxygens (including phenoxy) is 1. The van der Waals surface area contributed by atoms with Crippen LogP contribution >= 0.6 is 0 Å². The van der Waals surface area contributed by atoms with Crippen molar-refractivity contribution in [3.63, 3.8) is 0 Å². The summed E-state index contributed by atoms with van der Waals surface area (Å²) in [5.74, 6) is -1.37. The zero-order valence-corrected chi connectivity index (χ0v) is 9.34. The normalized spacial score (nSPS) is 10.4. The van der Waals surface area contributed by atoms with Crippen molar-refractivity contribution in [2.24, 2.45) is 0 Å². The number of benzene rings is 1. The highest BCUT2D eigenvalue weighted by Gasteiger charge is 2.04. The van der Waals surface area contributed by atoms with Crippen LogP contribution in [-0.4, -0.2) is 24.2 Å². The van der Waals surface area contributed by atoms with Crippen molar-refractivity contribution in [2.75, 3.05) is 12.8 Å². The molecule has 0 fully saturated rings. The Hall–Kier alpha value is -2.30. The Morgan fingerprint density at radius 1 is 1.47 bits per heavy atom. The number of nitrogens with two attached hydrogens (primary N) is 1. The van der Waals surface area contributed by atoms with Crippen molar-refractivity contribution in [3.05, 3.63) is 35.4 Å². The van der Waals surface area contributed by atoms with E-state index in [9.17, 15) is 9.59 Å². The number of carbonyl (C=O) groups excluding carboxylic acids is 1. The minimum Gasteiger partial charge on any atom is -0.478 e. The van der Waals surface area contributed by atoms with Crippen LogP contribution in [0.5, 0.6) is 0 Å². The molecule has 0 amide bonds. The first-order valence-electron chi connectivity index (χ1n) is 4.90. The van der Waals surface area contributed by atoms with Gasteiger partial charge in [-0.2, -0.15) is 0 Å². The van der Waals surface area contributed by atoms with Gasteiger partial charge < -0.3 is 15.6 Å². The third kappa shape index (κ3) is 3.64. The number of aromatic carboxylic acids is 1. The maximum Gasteiger partial charge on any atom is 0.335 e. The maximum absolute atomic E-state index is 10.8. The fraction of sp³-hybridized carbons (Fsp3) is 0.167. The second kappa shape index (κ2) is 5.69. The number of carboxylic acid groups (broad SMARTS) is 1. The third-order valence-corrected chi connectivity index (χ3v) is 2.14. The van der Waals surface area contributed by atoms with Crippen LogP contribution in [0.2, 0.25) is 0 Å². The predicted octanol–water partition coefficient (Wildman–Crippen LogP) is 1.54. The van der Waals surface area contributed by atoms with Crippen LogP contribution in [0.4, 0.5) is 5.69 Å². The molecule has 0 unspecified atom stereocenters. The van der Waals surface area contributed by atoms with E-state index < -0.39 is 5.97 Å². The molecule has 90 valence electrons. The topological polar surface area (TPSA) is 89.6 Å². The summed E-state index contributed by atoms with van der Waals surface area (Å²) < 4.78 is 4.47. The van der Waals surface area contributed by atoms with Crippen LogP contribution in [0.15, 0.2) is 24.3 Å². The zero-order valence-electron chi connectivity index (χ0n) is 9.34. The largest absolute Gasteiger partial charge is 0.478 e. The molecule has 0 aliphatic rings. The summed E-state index contributed by atoms with van der Waals surface area (Å²) in [6, 6.07) is 4.42. The Bertz CT molecular complexity index is 466.